The molecular formula is C36H34N6O. The van der Waals surface area contributed by atoms with Crippen LogP contribution in [0.1, 0.15) is 22.8 Å². The van der Waals surface area contributed by atoms with Gasteiger partial charge in [-0.05, 0) is 88.4 Å². The van der Waals surface area contributed by atoms with Crippen LogP contribution in [-0.2, 0) is 14.1 Å². The molecule has 7 heteroatoms. The smallest absolute Gasteiger partial charge is 0.214 e. The number of imidazole rings is 2. The molecule has 0 fully saturated rings. The average molecular weight is 567 g/mol. The largest absolute Gasteiger partial charge is 0.456 e. The second-order valence-corrected chi connectivity index (χ2v) is 11.1. The number of furan rings is 1. The highest BCUT2D eigenvalue weighted by atomic mass is 16.3. The number of anilines is 6. The van der Waals surface area contributed by atoms with Crippen LogP contribution in [0, 0.1) is 27.7 Å². The van der Waals surface area contributed by atoms with E-state index in [0.717, 1.165) is 79.4 Å². The number of benzene rings is 4. The molecule has 0 saturated carbocycles. The summed E-state index contributed by atoms with van der Waals surface area (Å²) in [6.07, 6.45) is 0. The summed E-state index contributed by atoms with van der Waals surface area (Å²) in [6, 6.07) is 33.5. The zero-order valence-electron chi connectivity index (χ0n) is 25.3. The second-order valence-electron chi connectivity index (χ2n) is 11.1. The highest BCUT2D eigenvalue weighted by Gasteiger charge is 2.23. The minimum Gasteiger partial charge on any atom is -0.456 e. The molecule has 3 aromatic heterocycles. The molecule has 0 aliphatic carbocycles. The fourth-order valence-corrected chi connectivity index (χ4v) is 5.74. The van der Waals surface area contributed by atoms with Gasteiger partial charge in [0.15, 0.2) is 0 Å². The van der Waals surface area contributed by atoms with Crippen molar-refractivity contribution in [3.05, 3.63) is 120 Å². The summed E-state index contributed by atoms with van der Waals surface area (Å²) in [7, 11) is 4.13. The van der Waals surface area contributed by atoms with Crippen molar-refractivity contribution in [3.63, 3.8) is 0 Å². The van der Waals surface area contributed by atoms with Crippen LogP contribution in [-0.4, -0.2) is 19.1 Å². The molecule has 4 aromatic carbocycles. The van der Waals surface area contributed by atoms with Gasteiger partial charge >= 0.3 is 0 Å². The van der Waals surface area contributed by atoms with Crippen molar-refractivity contribution in [1.82, 2.24) is 19.1 Å². The fraction of sp³-hybridized carbons (Fsp3) is 0.167. The summed E-state index contributed by atoms with van der Waals surface area (Å²) in [6.45, 7) is 8.32. The number of hydrogen-bond donors (Lipinski definition) is 0. The maximum absolute atomic E-state index is 6.36. The lowest BCUT2D eigenvalue weighted by atomic mass is 10.1. The molecule has 0 saturated heterocycles. The van der Waals surface area contributed by atoms with Gasteiger partial charge < -0.3 is 13.6 Å². The number of aryl methyl sites for hydroxylation is 2. The maximum atomic E-state index is 6.36. The number of para-hydroxylation sites is 2. The fourth-order valence-electron chi connectivity index (χ4n) is 5.74. The summed E-state index contributed by atoms with van der Waals surface area (Å²) >= 11 is 0. The Morgan fingerprint density at radius 2 is 0.907 bits per heavy atom. The summed E-state index contributed by atoms with van der Waals surface area (Å²) in [5.41, 5.74) is 10.1. The van der Waals surface area contributed by atoms with E-state index in [-0.39, 0.29) is 0 Å². The maximum Gasteiger partial charge on any atom is 0.214 e. The van der Waals surface area contributed by atoms with E-state index in [9.17, 15) is 0 Å². The lowest BCUT2D eigenvalue weighted by Crippen LogP contribution is -2.15. The Kier molecular flexibility index (Phi) is 6.31. The summed E-state index contributed by atoms with van der Waals surface area (Å²) in [5, 5.41) is 2.08. The highest BCUT2D eigenvalue weighted by Crippen LogP contribution is 2.41. The molecule has 3 heterocycles. The molecule has 7 aromatic rings. The number of nitrogens with zero attached hydrogens (tertiary/aromatic N) is 6. The predicted octanol–water partition coefficient (Wildman–Crippen LogP) is 9.23. The van der Waals surface area contributed by atoms with Crippen LogP contribution in [0.25, 0.3) is 21.9 Å². The Labute approximate surface area is 251 Å². The van der Waals surface area contributed by atoms with Crippen LogP contribution in [0.2, 0.25) is 0 Å². The van der Waals surface area contributed by atoms with Gasteiger partial charge in [-0.3, -0.25) is 9.80 Å². The minimum absolute atomic E-state index is 0.839. The first-order valence-electron chi connectivity index (χ1n) is 14.5. The number of aromatic nitrogens is 4. The van der Waals surface area contributed by atoms with Gasteiger partial charge in [-0.1, -0.05) is 36.4 Å². The van der Waals surface area contributed by atoms with E-state index in [2.05, 4.69) is 146 Å². The van der Waals surface area contributed by atoms with Gasteiger partial charge in [-0.2, -0.15) is 0 Å². The molecule has 0 atom stereocenters. The molecule has 0 unspecified atom stereocenters. The van der Waals surface area contributed by atoms with E-state index >= 15 is 0 Å². The molecular weight excluding hydrogens is 532 g/mol. The normalized spacial score (nSPS) is 11.5. The van der Waals surface area contributed by atoms with Crippen LogP contribution >= 0.6 is 0 Å². The van der Waals surface area contributed by atoms with E-state index in [4.69, 9.17) is 14.4 Å². The Bertz CT molecular complexity index is 1950. The lowest BCUT2D eigenvalue weighted by molar-refractivity contribution is 0.669. The summed E-state index contributed by atoms with van der Waals surface area (Å²) in [5.74, 6) is 1.73. The lowest BCUT2D eigenvalue weighted by Gasteiger charge is -2.25. The van der Waals surface area contributed by atoms with Gasteiger partial charge in [0.25, 0.3) is 0 Å². The molecule has 7 nitrogen and oxygen atoms in total. The van der Waals surface area contributed by atoms with E-state index < -0.39 is 0 Å². The van der Waals surface area contributed by atoms with E-state index in [1.807, 2.05) is 12.1 Å². The first-order valence-corrected chi connectivity index (χ1v) is 14.5. The third kappa shape index (κ3) is 4.36. The third-order valence-electron chi connectivity index (χ3n) is 8.57. The number of hydrogen-bond acceptors (Lipinski definition) is 5. The molecule has 7 rings (SSSR count). The van der Waals surface area contributed by atoms with Crippen molar-refractivity contribution in [1.29, 1.82) is 0 Å². The summed E-state index contributed by atoms with van der Waals surface area (Å²) in [4.78, 5) is 14.3. The first-order chi connectivity index (χ1) is 20.8. The molecule has 214 valence electrons. The van der Waals surface area contributed by atoms with Crippen LogP contribution in [0.3, 0.4) is 0 Å². The Morgan fingerprint density at radius 1 is 0.512 bits per heavy atom. The van der Waals surface area contributed by atoms with Crippen molar-refractivity contribution >= 4 is 56.6 Å². The highest BCUT2D eigenvalue weighted by molar-refractivity contribution is 6.08. The quantitative estimate of drug-likeness (QED) is 0.201. The SMILES string of the molecule is Cc1nc(N(c2ccccc2)c2ccc3oc4ccc(N(c5ccccc5)c5nc(C)c(C)n5C)cc4c3c2)n(C)c1C. The molecule has 0 aliphatic rings. The van der Waals surface area contributed by atoms with Gasteiger partial charge in [0.2, 0.25) is 11.9 Å². The first kappa shape index (κ1) is 26.6. The molecule has 0 aliphatic heterocycles. The minimum atomic E-state index is 0.839. The van der Waals surface area contributed by atoms with Gasteiger partial charge in [0.05, 0.1) is 11.4 Å². The van der Waals surface area contributed by atoms with E-state index in [1.54, 1.807) is 0 Å². The van der Waals surface area contributed by atoms with Crippen LogP contribution in [0.4, 0.5) is 34.6 Å². The monoisotopic (exact) mass is 566 g/mol. The average Bonchev–Trinajstić information content (AvgIpc) is 3.61. The van der Waals surface area contributed by atoms with Crippen LogP contribution in [0.15, 0.2) is 101 Å². The number of rotatable bonds is 6. The molecule has 0 amide bonds. The third-order valence-corrected chi connectivity index (χ3v) is 8.57. The van der Waals surface area contributed by atoms with Crippen molar-refractivity contribution in [2.75, 3.05) is 9.80 Å². The van der Waals surface area contributed by atoms with Crippen molar-refractivity contribution in [2.24, 2.45) is 14.1 Å². The molecule has 0 N–H and O–H groups in total. The van der Waals surface area contributed by atoms with Crippen LogP contribution < -0.4 is 9.80 Å². The zero-order valence-corrected chi connectivity index (χ0v) is 25.3. The van der Waals surface area contributed by atoms with Gasteiger partial charge in [0, 0.05) is 59.0 Å². The summed E-state index contributed by atoms with van der Waals surface area (Å²) < 4.78 is 10.7. The molecule has 43 heavy (non-hydrogen) atoms. The van der Waals surface area contributed by atoms with E-state index in [0.29, 0.717) is 0 Å². The van der Waals surface area contributed by atoms with Gasteiger partial charge in [-0.25, -0.2) is 9.97 Å². The molecule has 0 spiro atoms. The predicted molar refractivity (Wildman–Crippen MR) is 176 cm³/mol. The van der Waals surface area contributed by atoms with Gasteiger partial charge in [-0.15, -0.1) is 0 Å². The van der Waals surface area contributed by atoms with Crippen molar-refractivity contribution in [2.45, 2.75) is 27.7 Å². The van der Waals surface area contributed by atoms with Crippen molar-refractivity contribution in [3.8, 4) is 0 Å². The van der Waals surface area contributed by atoms with Gasteiger partial charge in [0.1, 0.15) is 11.2 Å². The second kappa shape index (κ2) is 10.2. The zero-order chi connectivity index (χ0) is 29.8. The van der Waals surface area contributed by atoms with Crippen molar-refractivity contribution < 1.29 is 4.42 Å². The topological polar surface area (TPSA) is 55.3 Å². The Balaban J connectivity index is 1.43. The number of fused-ring (bicyclic) bond motifs is 3. The Hall–Kier alpha value is -5.30. The van der Waals surface area contributed by atoms with E-state index in [1.165, 1.54) is 0 Å². The molecule has 0 radical (unpaired) electrons. The molecule has 0 bridgehead atoms. The Morgan fingerprint density at radius 3 is 1.26 bits per heavy atom. The standard InChI is InChI=1S/C36H34N6O/c1-23-25(3)39(5)35(37-23)41(27-13-9-7-10-14-27)29-17-19-33-31(21-29)32-22-30(18-20-34(32)43-33)42(28-15-11-8-12-16-28)36-38-24(2)26(4)40(36)6/h7-22H,1-6H3. The van der Waals surface area contributed by atoms with Crippen LogP contribution in [0.5, 0.6) is 0 Å².